The Morgan fingerprint density at radius 3 is 2.30 bits per heavy atom. The zero-order valence-electron chi connectivity index (χ0n) is 12.8. The van der Waals surface area contributed by atoms with Crippen LogP contribution in [-0.4, -0.2) is 34.2 Å². The molecule has 0 aromatic carbocycles. The van der Waals surface area contributed by atoms with E-state index in [9.17, 15) is 0 Å². The minimum Gasteiger partial charge on any atom is -0.381 e. The highest BCUT2D eigenvalue weighted by atomic mass is 16.7. The van der Waals surface area contributed by atoms with Crippen molar-refractivity contribution in [2.75, 3.05) is 13.2 Å². The summed E-state index contributed by atoms with van der Waals surface area (Å²) < 4.78 is 19.5. The minimum absolute atomic E-state index is 0.307. The molecule has 0 amide bonds. The topological polar surface area (TPSA) is 45.5 Å². The second-order valence-corrected chi connectivity index (χ2v) is 6.69. The molecule has 0 N–H and O–H groups in total. The molecule has 0 bridgehead atoms. The van der Waals surface area contributed by atoms with Gasteiger partial charge in [0.15, 0.2) is 6.29 Å². The SMILES string of the molecule is CC1(C)OC(c2cnn(C3CCOCC3)c2)OC1(C)C. The van der Waals surface area contributed by atoms with Gasteiger partial charge < -0.3 is 14.2 Å². The van der Waals surface area contributed by atoms with E-state index in [0.29, 0.717) is 6.04 Å². The third-order valence-corrected chi connectivity index (χ3v) is 4.71. The van der Waals surface area contributed by atoms with Crippen molar-refractivity contribution in [1.29, 1.82) is 0 Å². The minimum atomic E-state index is -0.325. The van der Waals surface area contributed by atoms with Gasteiger partial charge in [0.1, 0.15) is 0 Å². The predicted octanol–water partition coefficient (Wildman–Crippen LogP) is 2.84. The lowest BCUT2D eigenvalue weighted by Crippen LogP contribution is -2.41. The molecule has 5 heteroatoms. The van der Waals surface area contributed by atoms with Gasteiger partial charge in [0.25, 0.3) is 0 Å². The molecule has 0 radical (unpaired) electrons. The zero-order chi connectivity index (χ0) is 14.4. The highest BCUT2D eigenvalue weighted by molar-refractivity contribution is 5.10. The molecule has 3 heterocycles. The Kier molecular flexibility index (Phi) is 3.39. The van der Waals surface area contributed by atoms with Gasteiger partial charge in [-0.25, -0.2) is 0 Å². The van der Waals surface area contributed by atoms with Crippen molar-refractivity contribution in [2.24, 2.45) is 0 Å². The van der Waals surface area contributed by atoms with Crippen LogP contribution in [0.2, 0.25) is 0 Å². The lowest BCUT2D eigenvalue weighted by molar-refractivity contribution is -0.0896. The molecular weight excluding hydrogens is 256 g/mol. The molecule has 2 aliphatic heterocycles. The smallest absolute Gasteiger partial charge is 0.188 e. The summed E-state index contributed by atoms with van der Waals surface area (Å²) >= 11 is 0. The van der Waals surface area contributed by atoms with Crippen LogP contribution < -0.4 is 0 Å². The highest BCUT2D eigenvalue weighted by Crippen LogP contribution is 2.44. The first-order valence-electron chi connectivity index (χ1n) is 7.36. The molecule has 2 fully saturated rings. The molecule has 0 atom stereocenters. The Labute approximate surface area is 120 Å². The Morgan fingerprint density at radius 1 is 1.10 bits per heavy atom. The van der Waals surface area contributed by atoms with Crippen LogP contribution in [0, 0.1) is 0 Å². The predicted molar refractivity (Wildman–Crippen MR) is 74.4 cm³/mol. The number of nitrogens with zero attached hydrogens (tertiary/aromatic N) is 2. The van der Waals surface area contributed by atoms with Gasteiger partial charge in [-0.1, -0.05) is 0 Å². The second kappa shape index (κ2) is 4.83. The summed E-state index contributed by atoms with van der Waals surface area (Å²) in [5.74, 6) is 0. The van der Waals surface area contributed by atoms with Crippen LogP contribution in [0.15, 0.2) is 12.4 Å². The molecule has 5 nitrogen and oxygen atoms in total. The monoisotopic (exact) mass is 280 g/mol. The van der Waals surface area contributed by atoms with Crippen molar-refractivity contribution in [2.45, 2.75) is 64.1 Å². The number of ether oxygens (including phenoxy) is 3. The third-order valence-electron chi connectivity index (χ3n) is 4.71. The van der Waals surface area contributed by atoms with E-state index in [-0.39, 0.29) is 17.5 Å². The normalized spacial score (nSPS) is 27.0. The molecular formula is C15H24N2O3. The van der Waals surface area contributed by atoms with Gasteiger partial charge in [-0.15, -0.1) is 0 Å². The highest BCUT2D eigenvalue weighted by Gasteiger charge is 2.49. The van der Waals surface area contributed by atoms with E-state index in [1.54, 1.807) is 0 Å². The molecule has 1 aromatic heterocycles. The maximum Gasteiger partial charge on any atom is 0.188 e. The van der Waals surface area contributed by atoms with Crippen LogP contribution in [0.25, 0.3) is 0 Å². The van der Waals surface area contributed by atoms with Gasteiger partial charge in [-0.2, -0.15) is 5.10 Å². The summed E-state index contributed by atoms with van der Waals surface area (Å²) in [6, 6.07) is 0.430. The lowest BCUT2D eigenvalue weighted by atomic mass is 9.90. The molecule has 0 spiro atoms. The Morgan fingerprint density at radius 2 is 1.70 bits per heavy atom. The largest absolute Gasteiger partial charge is 0.381 e. The van der Waals surface area contributed by atoms with Crippen LogP contribution in [0.4, 0.5) is 0 Å². The molecule has 1 aromatic rings. The molecule has 0 saturated carbocycles. The van der Waals surface area contributed by atoms with Gasteiger partial charge in [0, 0.05) is 25.0 Å². The van der Waals surface area contributed by atoms with E-state index >= 15 is 0 Å². The van der Waals surface area contributed by atoms with Crippen molar-refractivity contribution in [3.05, 3.63) is 18.0 Å². The Hall–Kier alpha value is -0.910. The van der Waals surface area contributed by atoms with E-state index in [0.717, 1.165) is 31.6 Å². The molecule has 0 aliphatic carbocycles. The van der Waals surface area contributed by atoms with Crippen LogP contribution in [0.1, 0.15) is 58.4 Å². The van der Waals surface area contributed by atoms with Gasteiger partial charge >= 0.3 is 0 Å². The van der Waals surface area contributed by atoms with Crippen molar-refractivity contribution >= 4 is 0 Å². The molecule has 112 valence electrons. The van der Waals surface area contributed by atoms with E-state index < -0.39 is 0 Å². The van der Waals surface area contributed by atoms with Crippen molar-refractivity contribution in [3.63, 3.8) is 0 Å². The average molecular weight is 280 g/mol. The summed E-state index contributed by atoms with van der Waals surface area (Å²) in [5.41, 5.74) is 0.381. The van der Waals surface area contributed by atoms with Crippen LogP contribution >= 0.6 is 0 Å². The van der Waals surface area contributed by atoms with Crippen molar-refractivity contribution in [1.82, 2.24) is 9.78 Å². The Balaban J connectivity index is 1.74. The summed E-state index contributed by atoms with van der Waals surface area (Å²) in [4.78, 5) is 0. The molecule has 2 aliphatic rings. The molecule has 20 heavy (non-hydrogen) atoms. The molecule has 3 rings (SSSR count). The van der Waals surface area contributed by atoms with Crippen molar-refractivity contribution < 1.29 is 14.2 Å². The Bertz CT molecular complexity index is 459. The first kappa shape index (κ1) is 14.0. The zero-order valence-corrected chi connectivity index (χ0v) is 12.8. The molecule has 0 unspecified atom stereocenters. The average Bonchev–Trinajstić information content (AvgIpc) is 2.94. The fourth-order valence-electron chi connectivity index (χ4n) is 2.60. The summed E-state index contributed by atoms with van der Waals surface area (Å²) in [5, 5.41) is 4.48. The fourth-order valence-corrected chi connectivity index (χ4v) is 2.60. The summed E-state index contributed by atoms with van der Waals surface area (Å²) in [6.07, 6.45) is 5.62. The van der Waals surface area contributed by atoms with E-state index in [2.05, 4.69) is 39.0 Å². The van der Waals surface area contributed by atoms with Crippen molar-refractivity contribution in [3.8, 4) is 0 Å². The van der Waals surface area contributed by atoms with Crippen LogP contribution in [0.5, 0.6) is 0 Å². The van der Waals surface area contributed by atoms with Gasteiger partial charge in [0.2, 0.25) is 0 Å². The van der Waals surface area contributed by atoms with E-state index in [1.165, 1.54) is 0 Å². The maximum atomic E-state index is 6.05. The van der Waals surface area contributed by atoms with E-state index in [4.69, 9.17) is 14.2 Å². The maximum absolute atomic E-state index is 6.05. The fraction of sp³-hybridized carbons (Fsp3) is 0.800. The third kappa shape index (κ3) is 2.38. The molecule has 2 saturated heterocycles. The lowest BCUT2D eigenvalue weighted by Gasteiger charge is -2.30. The first-order valence-corrected chi connectivity index (χ1v) is 7.36. The quantitative estimate of drug-likeness (QED) is 0.835. The number of aromatic nitrogens is 2. The van der Waals surface area contributed by atoms with Gasteiger partial charge in [-0.05, 0) is 40.5 Å². The van der Waals surface area contributed by atoms with Crippen LogP contribution in [-0.2, 0) is 14.2 Å². The summed E-state index contributed by atoms with van der Waals surface area (Å²) in [6.45, 7) is 9.89. The van der Waals surface area contributed by atoms with Crippen LogP contribution in [0.3, 0.4) is 0 Å². The van der Waals surface area contributed by atoms with Gasteiger partial charge in [0.05, 0.1) is 23.4 Å². The summed E-state index contributed by atoms with van der Waals surface area (Å²) in [7, 11) is 0. The number of hydrogen-bond donors (Lipinski definition) is 0. The second-order valence-electron chi connectivity index (χ2n) is 6.69. The standard InChI is InChI=1S/C15H24N2O3/c1-14(2)15(3,4)20-13(19-14)11-9-16-17(10-11)12-5-7-18-8-6-12/h9-10,12-13H,5-8H2,1-4H3. The number of rotatable bonds is 2. The number of hydrogen-bond acceptors (Lipinski definition) is 4. The first-order chi connectivity index (χ1) is 9.39. The van der Waals surface area contributed by atoms with E-state index in [1.807, 2.05) is 10.9 Å². The van der Waals surface area contributed by atoms with Gasteiger partial charge in [-0.3, -0.25) is 4.68 Å².